The van der Waals surface area contributed by atoms with Crippen LogP contribution in [0.5, 0.6) is 5.75 Å². The molecule has 0 fully saturated rings. The van der Waals surface area contributed by atoms with Gasteiger partial charge in [0.15, 0.2) is 0 Å². The van der Waals surface area contributed by atoms with E-state index in [-0.39, 0.29) is 0 Å². The van der Waals surface area contributed by atoms with E-state index in [1.54, 1.807) is 0 Å². The van der Waals surface area contributed by atoms with Gasteiger partial charge in [-0.15, -0.1) is 0 Å². The van der Waals surface area contributed by atoms with Gasteiger partial charge in [-0.1, -0.05) is 6.07 Å². The topological polar surface area (TPSA) is 38.7 Å². The molecule has 0 saturated heterocycles. The summed E-state index contributed by atoms with van der Waals surface area (Å²) in [6, 6.07) is 5.60. The molecule has 1 aliphatic heterocycles. The zero-order chi connectivity index (χ0) is 9.26. The lowest BCUT2D eigenvalue weighted by Crippen LogP contribution is -2.27. The predicted octanol–water partition coefficient (Wildman–Crippen LogP) is 0.303. The van der Waals surface area contributed by atoms with Crippen molar-refractivity contribution in [1.82, 2.24) is 0 Å². The van der Waals surface area contributed by atoms with E-state index in [4.69, 9.17) is 9.39 Å². The summed E-state index contributed by atoms with van der Waals surface area (Å²) in [6.07, 6.45) is 0. The van der Waals surface area contributed by atoms with E-state index in [1.165, 1.54) is 0 Å². The van der Waals surface area contributed by atoms with Gasteiger partial charge in [0.25, 0.3) is 0 Å². The molecule has 0 spiro atoms. The first-order valence-electron chi connectivity index (χ1n) is 4.36. The Morgan fingerprint density at radius 3 is 3.23 bits per heavy atom. The first-order chi connectivity index (χ1) is 6.31. The third kappa shape index (κ3) is 1.55. The van der Waals surface area contributed by atoms with Crippen molar-refractivity contribution in [2.75, 3.05) is 6.61 Å². The molecule has 1 aliphatic rings. The lowest BCUT2D eigenvalue weighted by atomic mass is 9.80. The molecule has 0 amide bonds. The number of benzene rings is 1. The Morgan fingerprint density at radius 1 is 1.62 bits per heavy atom. The highest BCUT2D eigenvalue weighted by Gasteiger charge is 2.27. The van der Waals surface area contributed by atoms with Crippen molar-refractivity contribution in [3.63, 3.8) is 0 Å². The van der Waals surface area contributed by atoms with Gasteiger partial charge in [0, 0.05) is 0 Å². The average Bonchev–Trinajstić information content (AvgIpc) is 2.48. The molecule has 0 bridgehead atoms. The van der Waals surface area contributed by atoms with Crippen LogP contribution in [0.2, 0.25) is 0 Å². The van der Waals surface area contributed by atoms with Crippen molar-refractivity contribution < 1.29 is 14.4 Å². The maximum Gasteiger partial charge on any atom is 0.491 e. The molecule has 1 heterocycles. The molecule has 0 saturated carbocycles. The van der Waals surface area contributed by atoms with Crippen LogP contribution in [0.1, 0.15) is 12.5 Å². The first-order valence-corrected chi connectivity index (χ1v) is 4.36. The molecular weight excluding hydrogens is 167 g/mol. The van der Waals surface area contributed by atoms with Gasteiger partial charge in [0.1, 0.15) is 5.75 Å². The van der Waals surface area contributed by atoms with Crippen LogP contribution in [0.25, 0.3) is 0 Å². The monoisotopic (exact) mass is 178 g/mol. The second-order valence-electron chi connectivity index (χ2n) is 2.96. The van der Waals surface area contributed by atoms with Gasteiger partial charge in [0.2, 0.25) is 0 Å². The minimum absolute atomic E-state index is 0.470. The van der Waals surface area contributed by atoms with E-state index in [0.29, 0.717) is 13.2 Å². The lowest BCUT2D eigenvalue weighted by Gasteiger charge is -2.04. The van der Waals surface area contributed by atoms with E-state index < -0.39 is 7.12 Å². The fourth-order valence-corrected chi connectivity index (χ4v) is 1.46. The zero-order valence-corrected chi connectivity index (χ0v) is 7.49. The SMILES string of the molecule is CCOc1ccc2c(c1)COB2O. The van der Waals surface area contributed by atoms with Gasteiger partial charge in [-0.2, -0.15) is 0 Å². The largest absolute Gasteiger partial charge is 0.494 e. The highest BCUT2D eigenvalue weighted by Crippen LogP contribution is 2.16. The first kappa shape index (κ1) is 8.60. The minimum Gasteiger partial charge on any atom is -0.494 e. The Hall–Kier alpha value is -0.995. The molecule has 3 nitrogen and oxygen atoms in total. The standard InChI is InChI=1S/C9H11BO3/c1-2-12-8-3-4-9-7(5-8)6-13-10(9)11/h3-5,11H,2,6H2,1H3. The Bertz CT molecular complexity index is 314. The molecule has 13 heavy (non-hydrogen) atoms. The van der Waals surface area contributed by atoms with Crippen molar-refractivity contribution >= 4 is 12.6 Å². The number of ether oxygens (including phenoxy) is 1. The molecule has 1 aromatic rings. The van der Waals surface area contributed by atoms with Gasteiger partial charge in [-0.05, 0) is 30.1 Å². The van der Waals surface area contributed by atoms with Crippen LogP contribution in [0, 0.1) is 0 Å². The Balaban J connectivity index is 2.29. The second-order valence-corrected chi connectivity index (χ2v) is 2.96. The lowest BCUT2D eigenvalue weighted by molar-refractivity contribution is 0.274. The van der Waals surface area contributed by atoms with Crippen molar-refractivity contribution in [3.05, 3.63) is 23.8 Å². The minimum atomic E-state index is -0.759. The highest BCUT2D eigenvalue weighted by molar-refractivity contribution is 6.61. The summed E-state index contributed by atoms with van der Waals surface area (Å²) in [5.74, 6) is 0.832. The van der Waals surface area contributed by atoms with E-state index >= 15 is 0 Å². The van der Waals surface area contributed by atoms with Crippen LogP contribution in [0.3, 0.4) is 0 Å². The second kappa shape index (κ2) is 3.40. The molecule has 0 unspecified atom stereocenters. The molecule has 0 aliphatic carbocycles. The fraction of sp³-hybridized carbons (Fsp3) is 0.333. The van der Waals surface area contributed by atoms with Crippen molar-refractivity contribution in [2.24, 2.45) is 0 Å². The molecule has 0 radical (unpaired) electrons. The third-order valence-corrected chi connectivity index (χ3v) is 2.09. The van der Waals surface area contributed by atoms with Crippen LogP contribution >= 0.6 is 0 Å². The fourth-order valence-electron chi connectivity index (χ4n) is 1.46. The van der Waals surface area contributed by atoms with Crippen LogP contribution < -0.4 is 10.2 Å². The molecule has 4 heteroatoms. The summed E-state index contributed by atoms with van der Waals surface area (Å²) in [5.41, 5.74) is 1.86. The third-order valence-electron chi connectivity index (χ3n) is 2.09. The maximum absolute atomic E-state index is 9.34. The molecule has 0 atom stereocenters. The molecular formula is C9H11BO3. The smallest absolute Gasteiger partial charge is 0.491 e. The number of fused-ring (bicyclic) bond motifs is 1. The summed E-state index contributed by atoms with van der Waals surface area (Å²) >= 11 is 0. The highest BCUT2D eigenvalue weighted by atomic mass is 16.5. The molecule has 0 aromatic heterocycles. The number of rotatable bonds is 2. The van der Waals surface area contributed by atoms with Crippen molar-refractivity contribution in [1.29, 1.82) is 0 Å². The molecule has 1 N–H and O–H groups in total. The summed E-state index contributed by atoms with van der Waals surface area (Å²) in [6.45, 7) is 3.07. The molecule has 2 rings (SSSR count). The quantitative estimate of drug-likeness (QED) is 0.662. The van der Waals surface area contributed by atoms with E-state index in [1.807, 2.05) is 25.1 Å². The Labute approximate surface area is 77.4 Å². The zero-order valence-electron chi connectivity index (χ0n) is 7.49. The van der Waals surface area contributed by atoms with Gasteiger partial charge >= 0.3 is 7.12 Å². The van der Waals surface area contributed by atoms with Gasteiger partial charge in [0.05, 0.1) is 13.2 Å². The van der Waals surface area contributed by atoms with Crippen molar-refractivity contribution in [2.45, 2.75) is 13.5 Å². The van der Waals surface area contributed by atoms with Crippen molar-refractivity contribution in [3.8, 4) is 5.75 Å². The summed E-state index contributed by atoms with van der Waals surface area (Å²) in [7, 11) is -0.759. The van der Waals surface area contributed by atoms with E-state index in [0.717, 1.165) is 16.8 Å². The summed E-state index contributed by atoms with van der Waals surface area (Å²) in [4.78, 5) is 0. The summed E-state index contributed by atoms with van der Waals surface area (Å²) < 4.78 is 10.4. The Kier molecular flexibility index (Phi) is 2.25. The normalized spacial score (nSPS) is 14.5. The summed E-state index contributed by atoms with van der Waals surface area (Å²) in [5, 5.41) is 9.34. The Morgan fingerprint density at radius 2 is 2.46 bits per heavy atom. The van der Waals surface area contributed by atoms with Crippen LogP contribution in [-0.4, -0.2) is 18.7 Å². The maximum atomic E-state index is 9.34. The molecule has 1 aromatic carbocycles. The van der Waals surface area contributed by atoms with Gasteiger partial charge in [-0.25, -0.2) is 0 Å². The predicted molar refractivity (Wildman–Crippen MR) is 50.0 cm³/mol. The van der Waals surface area contributed by atoms with Crippen LogP contribution in [-0.2, 0) is 11.3 Å². The number of hydrogen-bond donors (Lipinski definition) is 1. The van der Waals surface area contributed by atoms with Gasteiger partial charge in [-0.3, -0.25) is 0 Å². The van der Waals surface area contributed by atoms with Gasteiger partial charge < -0.3 is 14.4 Å². The average molecular weight is 178 g/mol. The van der Waals surface area contributed by atoms with Crippen LogP contribution in [0.4, 0.5) is 0 Å². The van der Waals surface area contributed by atoms with Crippen LogP contribution in [0.15, 0.2) is 18.2 Å². The molecule has 68 valence electrons. The number of hydrogen-bond acceptors (Lipinski definition) is 3. The van der Waals surface area contributed by atoms with E-state index in [9.17, 15) is 5.02 Å². The van der Waals surface area contributed by atoms with E-state index in [2.05, 4.69) is 0 Å².